The molecule has 0 aromatic rings. The lowest BCUT2D eigenvalue weighted by Crippen LogP contribution is -2.14. The van der Waals surface area contributed by atoms with Crippen LogP contribution in [0.25, 0.3) is 0 Å². The molecule has 0 fully saturated rings. The molecule has 0 saturated heterocycles. The first-order valence-corrected chi connectivity index (χ1v) is 3.12. The van der Waals surface area contributed by atoms with Crippen molar-refractivity contribution in [2.75, 3.05) is 0 Å². The molecule has 0 saturated carbocycles. The zero-order valence-corrected chi connectivity index (χ0v) is 5.72. The van der Waals surface area contributed by atoms with Crippen molar-refractivity contribution in [1.82, 2.24) is 0 Å². The van der Waals surface area contributed by atoms with E-state index in [2.05, 4.69) is 4.74 Å². The summed E-state index contributed by atoms with van der Waals surface area (Å²) in [6.07, 6.45) is 3.43. The minimum atomic E-state index is -0.544. The molecule has 1 rings (SSSR count). The molecular weight excluding hydrogens is 132 g/mol. The lowest BCUT2D eigenvalue weighted by molar-refractivity contribution is -0.155. The predicted molar refractivity (Wildman–Crippen MR) is 34.1 cm³/mol. The Balaban J connectivity index is 2.42. The summed E-state index contributed by atoms with van der Waals surface area (Å²) in [5.41, 5.74) is 0.621. The summed E-state index contributed by atoms with van der Waals surface area (Å²) < 4.78 is 4.31. The number of rotatable bonds is 1. The van der Waals surface area contributed by atoms with E-state index < -0.39 is 11.9 Å². The van der Waals surface area contributed by atoms with Crippen LogP contribution in [0.5, 0.6) is 0 Å². The molecule has 0 spiro atoms. The van der Waals surface area contributed by atoms with Crippen molar-refractivity contribution in [3.05, 3.63) is 11.6 Å². The van der Waals surface area contributed by atoms with Gasteiger partial charge in [-0.2, -0.15) is 0 Å². The highest BCUT2D eigenvalue weighted by molar-refractivity contribution is 5.96. The Morgan fingerprint density at radius 2 is 2.20 bits per heavy atom. The molecule has 1 aliphatic rings. The van der Waals surface area contributed by atoms with E-state index in [0.29, 0.717) is 5.57 Å². The fourth-order valence-electron chi connectivity index (χ4n) is 0.670. The Bertz CT molecular complexity index is 203. The first-order valence-electron chi connectivity index (χ1n) is 3.12. The Morgan fingerprint density at radius 1 is 1.60 bits per heavy atom. The van der Waals surface area contributed by atoms with Gasteiger partial charge in [0.15, 0.2) is 0 Å². The molecule has 0 aromatic carbocycles. The SMILES string of the molecule is CC(=O)OC(=O)C1=CCC1. The summed E-state index contributed by atoms with van der Waals surface area (Å²) in [4.78, 5) is 21.0. The Hall–Kier alpha value is -1.12. The van der Waals surface area contributed by atoms with Crippen LogP contribution in [0.2, 0.25) is 0 Å². The smallest absolute Gasteiger partial charge is 0.341 e. The van der Waals surface area contributed by atoms with Crippen LogP contribution < -0.4 is 0 Å². The van der Waals surface area contributed by atoms with Crippen molar-refractivity contribution in [2.45, 2.75) is 19.8 Å². The normalized spacial score (nSPS) is 15.1. The molecule has 0 aliphatic heterocycles. The van der Waals surface area contributed by atoms with Crippen molar-refractivity contribution in [1.29, 1.82) is 0 Å². The largest absolute Gasteiger partial charge is 0.390 e. The predicted octanol–water partition coefficient (Wildman–Crippen LogP) is 0.796. The first-order chi connectivity index (χ1) is 4.70. The molecule has 3 nitrogen and oxygen atoms in total. The average Bonchev–Trinajstić information content (AvgIpc) is 1.55. The fourth-order valence-corrected chi connectivity index (χ4v) is 0.670. The van der Waals surface area contributed by atoms with Gasteiger partial charge in [0.05, 0.1) is 0 Å². The molecule has 0 amide bonds. The molecular formula is C7H8O3. The van der Waals surface area contributed by atoms with Crippen molar-refractivity contribution in [3.63, 3.8) is 0 Å². The lowest BCUT2D eigenvalue weighted by atomic mass is 10.00. The van der Waals surface area contributed by atoms with Crippen molar-refractivity contribution in [3.8, 4) is 0 Å². The van der Waals surface area contributed by atoms with Gasteiger partial charge in [-0.25, -0.2) is 4.79 Å². The molecule has 10 heavy (non-hydrogen) atoms. The quantitative estimate of drug-likeness (QED) is 0.399. The van der Waals surface area contributed by atoms with Crippen LogP contribution in [0.15, 0.2) is 11.6 Å². The van der Waals surface area contributed by atoms with E-state index in [9.17, 15) is 9.59 Å². The van der Waals surface area contributed by atoms with Gasteiger partial charge in [-0.05, 0) is 12.8 Å². The molecule has 0 aromatic heterocycles. The molecule has 0 unspecified atom stereocenters. The van der Waals surface area contributed by atoms with E-state index >= 15 is 0 Å². The summed E-state index contributed by atoms with van der Waals surface area (Å²) in [6.45, 7) is 1.22. The highest BCUT2D eigenvalue weighted by atomic mass is 16.6. The number of allylic oxidation sites excluding steroid dienone is 1. The minimum absolute atomic E-state index is 0.487. The van der Waals surface area contributed by atoms with Crippen LogP contribution >= 0.6 is 0 Å². The van der Waals surface area contributed by atoms with E-state index in [1.165, 1.54) is 6.92 Å². The summed E-state index contributed by atoms with van der Waals surface area (Å²) >= 11 is 0. The Labute approximate surface area is 58.7 Å². The van der Waals surface area contributed by atoms with Crippen LogP contribution in [-0.4, -0.2) is 11.9 Å². The molecule has 0 atom stereocenters. The number of hydrogen-bond donors (Lipinski definition) is 0. The fraction of sp³-hybridized carbons (Fsp3) is 0.429. The van der Waals surface area contributed by atoms with Gasteiger partial charge in [0.1, 0.15) is 0 Å². The van der Waals surface area contributed by atoms with Crippen LogP contribution in [0, 0.1) is 0 Å². The maximum Gasteiger partial charge on any atom is 0.341 e. The van der Waals surface area contributed by atoms with Crippen molar-refractivity contribution < 1.29 is 14.3 Å². The molecule has 0 radical (unpaired) electrons. The van der Waals surface area contributed by atoms with Crippen LogP contribution in [0.4, 0.5) is 0 Å². The molecule has 1 aliphatic carbocycles. The average molecular weight is 140 g/mol. The highest BCUT2D eigenvalue weighted by Crippen LogP contribution is 2.18. The second-order valence-electron chi connectivity index (χ2n) is 2.15. The number of carbonyl (C=O) groups is 2. The summed E-state index contributed by atoms with van der Waals surface area (Å²) in [7, 11) is 0. The molecule has 0 N–H and O–H groups in total. The van der Waals surface area contributed by atoms with Gasteiger partial charge >= 0.3 is 11.9 Å². The molecule has 3 heteroatoms. The third kappa shape index (κ3) is 1.43. The number of carbonyl (C=O) groups excluding carboxylic acids is 2. The Kier molecular flexibility index (Phi) is 1.85. The zero-order valence-electron chi connectivity index (χ0n) is 5.72. The second-order valence-corrected chi connectivity index (χ2v) is 2.15. The highest BCUT2D eigenvalue weighted by Gasteiger charge is 2.17. The number of esters is 2. The zero-order chi connectivity index (χ0) is 7.56. The van der Waals surface area contributed by atoms with Crippen LogP contribution in [0.1, 0.15) is 19.8 Å². The summed E-state index contributed by atoms with van der Waals surface area (Å²) in [6, 6.07) is 0. The maximum absolute atomic E-state index is 10.7. The van der Waals surface area contributed by atoms with E-state index in [-0.39, 0.29) is 0 Å². The summed E-state index contributed by atoms with van der Waals surface area (Å²) in [5.74, 6) is -1.03. The molecule has 0 bridgehead atoms. The third-order valence-corrected chi connectivity index (χ3v) is 1.30. The first kappa shape index (κ1) is 6.99. The monoisotopic (exact) mass is 140 g/mol. The van der Waals surface area contributed by atoms with Crippen LogP contribution in [-0.2, 0) is 14.3 Å². The van der Waals surface area contributed by atoms with Crippen LogP contribution in [0.3, 0.4) is 0 Å². The van der Waals surface area contributed by atoms with Crippen molar-refractivity contribution >= 4 is 11.9 Å². The van der Waals surface area contributed by atoms with Gasteiger partial charge in [-0.15, -0.1) is 0 Å². The minimum Gasteiger partial charge on any atom is -0.390 e. The van der Waals surface area contributed by atoms with E-state index in [1.807, 2.05) is 0 Å². The van der Waals surface area contributed by atoms with Gasteiger partial charge in [0.2, 0.25) is 0 Å². The standard InChI is InChI=1S/C7H8O3/c1-5(8)10-7(9)6-3-2-4-6/h3H,2,4H2,1H3. The van der Waals surface area contributed by atoms with Gasteiger partial charge in [-0.3, -0.25) is 4.79 Å². The van der Waals surface area contributed by atoms with Crippen molar-refractivity contribution in [2.24, 2.45) is 0 Å². The van der Waals surface area contributed by atoms with Gasteiger partial charge in [0, 0.05) is 12.5 Å². The summed E-state index contributed by atoms with van der Waals surface area (Å²) in [5, 5.41) is 0. The number of ether oxygens (including phenoxy) is 1. The van der Waals surface area contributed by atoms with Gasteiger partial charge < -0.3 is 4.74 Å². The number of hydrogen-bond acceptors (Lipinski definition) is 3. The van der Waals surface area contributed by atoms with Gasteiger partial charge in [-0.1, -0.05) is 6.08 Å². The molecule has 0 heterocycles. The van der Waals surface area contributed by atoms with Gasteiger partial charge in [0.25, 0.3) is 0 Å². The third-order valence-electron chi connectivity index (χ3n) is 1.30. The topological polar surface area (TPSA) is 43.4 Å². The van der Waals surface area contributed by atoms with E-state index in [4.69, 9.17) is 0 Å². The maximum atomic E-state index is 10.7. The van der Waals surface area contributed by atoms with E-state index in [0.717, 1.165) is 12.8 Å². The second kappa shape index (κ2) is 2.64. The Morgan fingerprint density at radius 3 is 2.50 bits per heavy atom. The molecule has 54 valence electrons. The lowest BCUT2D eigenvalue weighted by Gasteiger charge is -2.10. The van der Waals surface area contributed by atoms with E-state index in [1.54, 1.807) is 6.08 Å².